The zero-order valence-corrected chi connectivity index (χ0v) is 20.2. The normalized spacial score (nSPS) is 14.8. The van der Waals surface area contributed by atoms with Gasteiger partial charge in [0.05, 0.1) is 6.54 Å². The van der Waals surface area contributed by atoms with Crippen LogP contribution in [-0.4, -0.2) is 38.1 Å². The summed E-state index contributed by atoms with van der Waals surface area (Å²) in [6, 6.07) is 16.2. The molecule has 3 rings (SSSR count). The van der Waals surface area contributed by atoms with Crippen molar-refractivity contribution in [3.8, 4) is 5.75 Å². The maximum absolute atomic E-state index is 11.9. The SMILES string of the molecule is CN=C(NCc1ccc(N2CCCC2=O)cc1)NCC(C)Oc1cccc(C)c1.I. The van der Waals surface area contributed by atoms with Gasteiger partial charge in [-0.2, -0.15) is 0 Å². The first-order valence-electron chi connectivity index (χ1n) is 10.1. The van der Waals surface area contributed by atoms with Crippen molar-refractivity contribution in [2.75, 3.05) is 25.0 Å². The van der Waals surface area contributed by atoms with Gasteiger partial charge in [0.25, 0.3) is 0 Å². The molecule has 0 radical (unpaired) electrons. The Morgan fingerprint density at radius 3 is 2.60 bits per heavy atom. The Bertz CT molecular complexity index is 855. The molecule has 0 spiro atoms. The van der Waals surface area contributed by atoms with E-state index in [4.69, 9.17) is 4.74 Å². The van der Waals surface area contributed by atoms with Crippen LogP contribution in [0.15, 0.2) is 53.5 Å². The number of guanidine groups is 1. The molecule has 30 heavy (non-hydrogen) atoms. The van der Waals surface area contributed by atoms with Gasteiger partial charge in [-0.15, -0.1) is 24.0 Å². The van der Waals surface area contributed by atoms with Gasteiger partial charge in [0, 0.05) is 32.2 Å². The molecule has 0 bridgehead atoms. The molecule has 0 saturated carbocycles. The largest absolute Gasteiger partial charge is 0.489 e. The topological polar surface area (TPSA) is 66.0 Å². The van der Waals surface area contributed by atoms with Crippen LogP contribution in [0.5, 0.6) is 5.75 Å². The molecule has 162 valence electrons. The van der Waals surface area contributed by atoms with Crippen molar-refractivity contribution in [1.29, 1.82) is 0 Å². The van der Waals surface area contributed by atoms with E-state index in [1.54, 1.807) is 7.05 Å². The zero-order valence-electron chi connectivity index (χ0n) is 17.9. The van der Waals surface area contributed by atoms with Crippen molar-refractivity contribution in [2.24, 2.45) is 4.99 Å². The van der Waals surface area contributed by atoms with Crippen LogP contribution in [0, 0.1) is 6.92 Å². The highest BCUT2D eigenvalue weighted by Gasteiger charge is 2.21. The van der Waals surface area contributed by atoms with Crippen LogP contribution in [0.4, 0.5) is 5.69 Å². The number of nitrogens with one attached hydrogen (secondary N) is 2. The Morgan fingerprint density at radius 1 is 1.20 bits per heavy atom. The molecule has 7 heteroatoms. The number of benzene rings is 2. The standard InChI is InChI=1S/C23H30N4O2.HI/c1-17-6-4-7-21(14-17)29-18(2)15-25-23(24-3)26-16-19-9-11-20(12-10-19)27-13-5-8-22(27)28;/h4,6-7,9-12,14,18H,5,8,13,15-16H2,1-3H3,(H2,24,25,26);1H. The van der Waals surface area contributed by atoms with Crippen molar-refractivity contribution in [3.05, 3.63) is 59.7 Å². The molecule has 2 aromatic rings. The van der Waals surface area contributed by atoms with Gasteiger partial charge in [0.2, 0.25) is 5.91 Å². The number of carbonyl (C=O) groups excluding carboxylic acids is 1. The number of amides is 1. The van der Waals surface area contributed by atoms with E-state index >= 15 is 0 Å². The van der Waals surface area contributed by atoms with Gasteiger partial charge in [-0.1, -0.05) is 24.3 Å². The third kappa shape index (κ3) is 6.90. The van der Waals surface area contributed by atoms with Crippen LogP contribution < -0.4 is 20.3 Å². The fourth-order valence-electron chi connectivity index (χ4n) is 3.32. The number of aliphatic imine (C=N–C) groups is 1. The lowest BCUT2D eigenvalue weighted by molar-refractivity contribution is -0.117. The summed E-state index contributed by atoms with van der Waals surface area (Å²) in [7, 11) is 1.75. The van der Waals surface area contributed by atoms with Crippen LogP contribution in [0.2, 0.25) is 0 Å². The van der Waals surface area contributed by atoms with Crippen molar-refractivity contribution in [2.45, 2.75) is 39.3 Å². The molecule has 1 amide bonds. The lowest BCUT2D eigenvalue weighted by Gasteiger charge is -2.18. The lowest BCUT2D eigenvalue weighted by atomic mass is 10.2. The Balaban J connectivity index is 0.00000320. The van der Waals surface area contributed by atoms with E-state index in [1.807, 2.05) is 54.3 Å². The minimum atomic E-state index is 0. The number of ether oxygens (including phenoxy) is 1. The molecule has 1 fully saturated rings. The Morgan fingerprint density at radius 2 is 1.97 bits per heavy atom. The molecule has 1 atom stereocenters. The van der Waals surface area contributed by atoms with Crippen LogP contribution in [0.3, 0.4) is 0 Å². The average Bonchev–Trinajstić information content (AvgIpc) is 3.14. The fourth-order valence-corrected chi connectivity index (χ4v) is 3.32. The summed E-state index contributed by atoms with van der Waals surface area (Å²) in [5, 5.41) is 6.61. The van der Waals surface area contributed by atoms with Crippen LogP contribution in [0.25, 0.3) is 0 Å². The minimum Gasteiger partial charge on any atom is -0.489 e. The second-order valence-corrected chi connectivity index (χ2v) is 7.37. The minimum absolute atomic E-state index is 0. The lowest BCUT2D eigenvalue weighted by Crippen LogP contribution is -2.41. The molecule has 0 aliphatic carbocycles. The van der Waals surface area contributed by atoms with Crippen LogP contribution in [-0.2, 0) is 11.3 Å². The first-order valence-corrected chi connectivity index (χ1v) is 10.1. The third-order valence-electron chi connectivity index (χ3n) is 4.89. The maximum Gasteiger partial charge on any atom is 0.227 e. The number of nitrogens with zero attached hydrogens (tertiary/aromatic N) is 2. The van der Waals surface area contributed by atoms with Crippen LogP contribution in [0.1, 0.15) is 30.9 Å². The predicted molar refractivity (Wildman–Crippen MR) is 133 cm³/mol. The van der Waals surface area contributed by atoms with Gasteiger partial charge in [-0.3, -0.25) is 9.79 Å². The fraction of sp³-hybridized carbons (Fsp3) is 0.391. The van der Waals surface area contributed by atoms with E-state index in [0.717, 1.165) is 35.9 Å². The predicted octanol–water partition coefficient (Wildman–Crippen LogP) is 3.87. The summed E-state index contributed by atoms with van der Waals surface area (Å²) in [6.07, 6.45) is 1.60. The van der Waals surface area contributed by atoms with Crippen molar-refractivity contribution in [3.63, 3.8) is 0 Å². The maximum atomic E-state index is 11.9. The summed E-state index contributed by atoms with van der Waals surface area (Å²) in [5.74, 6) is 1.81. The highest BCUT2D eigenvalue weighted by Crippen LogP contribution is 2.21. The summed E-state index contributed by atoms with van der Waals surface area (Å²) >= 11 is 0. The molecule has 1 aliphatic heterocycles. The molecule has 1 heterocycles. The van der Waals surface area contributed by atoms with Gasteiger partial charge in [-0.25, -0.2) is 0 Å². The van der Waals surface area contributed by atoms with Gasteiger partial charge < -0.3 is 20.3 Å². The Labute approximate surface area is 196 Å². The highest BCUT2D eigenvalue weighted by atomic mass is 127. The number of aryl methyl sites for hydroxylation is 1. The summed E-state index contributed by atoms with van der Waals surface area (Å²) in [6.45, 7) is 6.19. The molecule has 6 nitrogen and oxygen atoms in total. The molecule has 2 N–H and O–H groups in total. The molecular weight excluding hydrogens is 491 g/mol. The molecule has 1 aliphatic rings. The van der Waals surface area contributed by atoms with Gasteiger partial charge in [0.15, 0.2) is 5.96 Å². The van der Waals surface area contributed by atoms with Gasteiger partial charge in [-0.05, 0) is 55.7 Å². The Hall–Kier alpha value is -2.29. The smallest absolute Gasteiger partial charge is 0.227 e. The van der Waals surface area contributed by atoms with E-state index in [2.05, 4.69) is 28.6 Å². The molecule has 1 unspecified atom stereocenters. The number of carbonyl (C=O) groups is 1. The van der Waals surface area contributed by atoms with Gasteiger partial charge in [0.1, 0.15) is 11.9 Å². The number of rotatable bonds is 7. The number of hydrogen-bond acceptors (Lipinski definition) is 3. The number of halogens is 1. The Kier molecular flexibility index (Phi) is 9.42. The molecule has 1 saturated heterocycles. The van der Waals surface area contributed by atoms with E-state index in [1.165, 1.54) is 5.56 Å². The van der Waals surface area contributed by atoms with Crippen molar-refractivity contribution in [1.82, 2.24) is 10.6 Å². The first kappa shape index (κ1) is 24.0. The molecular formula is C23H31IN4O2. The van der Waals surface area contributed by atoms with Crippen molar-refractivity contribution < 1.29 is 9.53 Å². The zero-order chi connectivity index (χ0) is 20.6. The van der Waals surface area contributed by atoms with E-state index < -0.39 is 0 Å². The number of hydrogen-bond donors (Lipinski definition) is 2. The second kappa shape index (κ2) is 11.8. The number of anilines is 1. The summed E-state index contributed by atoms with van der Waals surface area (Å²) in [4.78, 5) is 18.0. The van der Waals surface area contributed by atoms with Crippen molar-refractivity contribution >= 4 is 41.5 Å². The first-order chi connectivity index (χ1) is 14.0. The van der Waals surface area contributed by atoms with Gasteiger partial charge >= 0.3 is 0 Å². The summed E-state index contributed by atoms with van der Waals surface area (Å²) < 4.78 is 5.95. The van der Waals surface area contributed by atoms with Crippen LogP contribution >= 0.6 is 24.0 Å². The molecule has 2 aromatic carbocycles. The molecule has 0 aromatic heterocycles. The third-order valence-corrected chi connectivity index (χ3v) is 4.89. The van der Waals surface area contributed by atoms with E-state index in [-0.39, 0.29) is 36.0 Å². The second-order valence-electron chi connectivity index (χ2n) is 7.37. The summed E-state index contributed by atoms with van der Waals surface area (Å²) in [5.41, 5.74) is 3.29. The van der Waals surface area contributed by atoms with E-state index in [9.17, 15) is 4.79 Å². The average molecular weight is 522 g/mol. The van der Waals surface area contributed by atoms with E-state index in [0.29, 0.717) is 19.5 Å². The highest BCUT2D eigenvalue weighted by molar-refractivity contribution is 14.0. The quantitative estimate of drug-likeness (QED) is 0.329. The monoisotopic (exact) mass is 522 g/mol.